The van der Waals surface area contributed by atoms with Gasteiger partial charge in [-0.15, -0.1) is 10.2 Å². The van der Waals surface area contributed by atoms with Crippen LogP contribution in [0.25, 0.3) is 0 Å². The number of nitrogens with one attached hydrogen (secondary N) is 1. The molecule has 2 aromatic rings. The van der Waals surface area contributed by atoms with Crippen molar-refractivity contribution in [1.29, 1.82) is 0 Å². The van der Waals surface area contributed by atoms with Gasteiger partial charge >= 0.3 is 0 Å². The van der Waals surface area contributed by atoms with Crippen molar-refractivity contribution in [2.45, 2.75) is 71.1 Å². The van der Waals surface area contributed by atoms with E-state index >= 15 is 0 Å². The first kappa shape index (κ1) is 22.3. The Bertz CT molecular complexity index is 922. The molecule has 1 N–H and O–H groups in total. The van der Waals surface area contributed by atoms with E-state index in [2.05, 4.69) is 20.1 Å². The lowest BCUT2D eigenvalue weighted by molar-refractivity contribution is -0.134. The van der Waals surface area contributed by atoms with Gasteiger partial charge in [-0.25, -0.2) is 0 Å². The number of thioether (sulfide) groups is 1. The highest BCUT2D eigenvalue weighted by molar-refractivity contribution is 7.99. The normalized spacial score (nSPS) is 14.4. The average Bonchev–Trinajstić information content (AvgIpc) is 3.49. The highest BCUT2D eigenvalue weighted by Gasteiger charge is 2.29. The summed E-state index contributed by atoms with van der Waals surface area (Å²) < 4.78 is 2.12. The summed E-state index contributed by atoms with van der Waals surface area (Å²) in [6.07, 6.45) is 3.06. The van der Waals surface area contributed by atoms with Gasteiger partial charge in [0.2, 0.25) is 11.8 Å². The fraction of sp³-hybridized carbons (Fsp3) is 0.545. The van der Waals surface area contributed by atoms with Crippen LogP contribution >= 0.6 is 11.8 Å². The van der Waals surface area contributed by atoms with Crippen molar-refractivity contribution in [2.24, 2.45) is 0 Å². The lowest BCUT2D eigenvalue weighted by Gasteiger charge is -2.28. The van der Waals surface area contributed by atoms with Crippen LogP contribution in [0.1, 0.15) is 56.1 Å². The molecule has 1 aliphatic carbocycles. The summed E-state index contributed by atoms with van der Waals surface area (Å²) >= 11 is 1.40. The smallest absolute Gasteiger partial charge is 0.244 e. The van der Waals surface area contributed by atoms with Gasteiger partial charge in [0.15, 0.2) is 5.16 Å². The van der Waals surface area contributed by atoms with Crippen molar-refractivity contribution < 1.29 is 9.59 Å². The maximum absolute atomic E-state index is 13.0. The third kappa shape index (κ3) is 5.22. The number of carbonyl (C=O) groups is 2. The summed E-state index contributed by atoms with van der Waals surface area (Å²) in [5, 5.41) is 12.1. The Balaban J connectivity index is 1.64. The van der Waals surface area contributed by atoms with E-state index in [9.17, 15) is 9.59 Å². The molecule has 0 radical (unpaired) electrons. The van der Waals surface area contributed by atoms with Crippen LogP contribution in [0.3, 0.4) is 0 Å². The quantitative estimate of drug-likeness (QED) is 0.612. The SMILES string of the molecule is CC[C@@H](C)N(CC(=O)Nc1cccc(C)c1C)C(=O)CSc1nnc(C)n1C1CC1. The van der Waals surface area contributed by atoms with Crippen molar-refractivity contribution in [2.75, 3.05) is 17.6 Å². The predicted molar refractivity (Wildman–Crippen MR) is 120 cm³/mol. The molecule has 7 nitrogen and oxygen atoms in total. The number of aryl methyl sites for hydroxylation is 2. The van der Waals surface area contributed by atoms with Gasteiger partial charge in [-0.2, -0.15) is 0 Å². The summed E-state index contributed by atoms with van der Waals surface area (Å²) in [6.45, 7) is 9.98. The maximum atomic E-state index is 13.0. The molecule has 0 saturated heterocycles. The van der Waals surface area contributed by atoms with Crippen LogP contribution in [-0.4, -0.2) is 49.8 Å². The zero-order valence-corrected chi connectivity index (χ0v) is 19.3. The Morgan fingerprint density at radius 2 is 2.00 bits per heavy atom. The van der Waals surface area contributed by atoms with Gasteiger partial charge in [-0.3, -0.25) is 9.59 Å². The van der Waals surface area contributed by atoms with Gasteiger partial charge in [0.25, 0.3) is 0 Å². The number of anilines is 1. The number of carbonyl (C=O) groups excluding carboxylic acids is 2. The molecule has 0 unspecified atom stereocenters. The van der Waals surface area contributed by atoms with Crippen molar-refractivity contribution in [3.63, 3.8) is 0 Å². The van der Waals surface area contributed by atoms with Gasteiger partial charge in [-0.1, -0.05) is 30.8 Å². The second kappa shape index (κ2) is 9.64. The zero-order valence-electron chi connectivity index (χ0n) is 18.4. The van der Waals surface area contributed by atoms with Crippen LogP contribution in [0.4, 0.5) is 5.69 Å². The van der Waals surface area contributed by atoms with E-state index in [-0.39, 0.29) is 30.2 Å². The van der Waals surface area contributed by atoms with E-state index in [1.807, 2.05) is 52.8 Å². The van der Waals surface area contributed by atoms with Gasteiger partial charge < -0.3 is 14.8 Å². The number of aromatic nitrogens is 3. The highest BCUT2D eigenvalue weighted by Crippen LogP contribution is 2.38. The maximum Gasteiger partial charge on any atom is 0.244 e. The molecule has 1 heterocycles. The Labute approximate surface area is 182 Å². The molecule has 0 aliphatic heterocycles. The molecule has 1 aliphatic rings. The van der Waals surface area contributed by atoms with E-state index in [0.717, 1.165) is 47.1 Å². The van der Waals surface area contributed by atoms with E-state index in [0.29, 0.717) is 6.04 Å². The van der Waals surface area contributed by atoms with Crippen molar-refractivity contribution in [3.05, 3.63) is 35.2 Å². The largest absolute Gasteiger partial charge is 0.330 e. The van der Waals surface area contributed by atoms with Crippen LogP contribution in [0, 0.1) is 20.8 Å². The van der Waals surface area contributed by atoms with E-state index < -0.39 is 0 Å². The molecule has 2 amide bonds. The molecule has 1 aromatic carbocycles. The molecule has 3 rings (SSSR count). The van der Waals surface area contributed by atoms with Crippen molar-refractivity contribution >= 4 is 29.3 Å². The van der Waals surface area contributed by atoms with Crippen LogP contribution in [0.5, 0.6) is 0 Å². The minimum atomic E-state index is -0.181. The number of benzene rings is 1. The molecule has 0 bridgehead atoms. The molecular weight excluding hydrogens is 398 g/mol. The molecule has 0 spiro atoms. The number of amides is 2. The standard InChI is InChI=1S/C22H31N5O2S/c1-6-15(3)26(12-20(28)23-19-9-7-8-14(2)16(19)4)21(29)13-30-22-25-24-17(5)27(22)18-10-11-18/h7-9,15,18H,6,10-13H2,1-5H3,(H,23,28)/t15-/m1/s1. The molecule has 1 aromatic heterocycles. The first-order chi connectivity index (χ1) is 14.3. The minimum Gasteiger partial charge on any atom is -0.330 e. The summed E-state index contributed by atoms with van der Waals surface area (Å²) in [5.74, 6) is 0.887. The van der Waals surface area contributed by atoms with Gasteiger partial charge in [0.1, 0.15) is 12.4 Å². The van der Waals surface area contributed by atoms with Crippen LogP contribution < -0.4 is 5.32 Å². The number of nitrogens with zero attached hydrogens (tertiary/aromatic N) is 4. The summed E-state index contributed by atoms with van der Waals surface area (Å²) in [6, 6.07) is 6.26. The molecule has 162 valence electrons. The van der Waals surface area contributed by atoms with Crippen LogP contribution in [-0.2, 0) is 9.59 Å². The third-order valence-corrected chi connectivity index (χ3v) is 6.64. The molecule has 8 heteroatoms. The first-order valence-corrected chi connectivity index (χ1v) is 11.5. The lowest BCUT2D eigenvalue weighted by atomic mass is 10.1. The highest BCUT2D eigenvalue weighted by atomic mass is 32.2. The monoisotopic (exact) mass is 429 g/mol. The lowest BCUT2D eigenvalue weighted by Crippen LogP contribution is -2.44. The van der Waals surface area contributed by atoms with Gasteiger partial charge in [0, 0.05) is 17.8 Å². The predicted octanol–water partition coefficient (Wildman–Crippen LogP) is 3.90. The molecule has 1 atom stereocenters. The Morgan fingerprint density at radius 1 is 1.27 bits per heavy atom. The van der Waals surface area contributed by atoms with Crippen molar-refractivity contribution in [3.8, 4) is 0 Å². The fourth-order valence-corrected chi connectivity index (χ4v) is 4.29. The topological polar surface area (TPSA) is 80.1 Å². The van der Waals surface area contributed by atoms with Crippen LogP contribution in [0.2, 0.25) is 0 Å². The number of hydrogen-bond donors (Lipinski definition) is 1. The second-order valence-corrected chi connectivity index (χ2v) is 8.94. The molecule has 1 saturated carbocycles. The summed E-state index contributed by atoms with van der Waals surface area (Å²) in [4.78, 5) is 27.4. The average molecular weight is 430 g/mol. The Hall–Kier alpha value is -2.35. The second-order valence-electron chi connectivity index (χ2n) is 7.99. The first-order valence-electron chi connectivity index (χ1n) is 10.5. The van der Waals surface area contributed by atoms with Crippen LogP contribution in [0.15, 0.2) is 23.4 Å². The molecule has 1 fully saturated rings. The minimum absolute atomic E-state index is 0.0227. The molecular formula is C22H31N5O2S. The Morgan fingerprint density at radius 3 is 2.67 bits per heavy atom. The Kier molecular flexibility index (Phi) is 7.18. The fourth-order valence-electron chi connectivity index (χ4n) is 3.35. The van der Waals surface area contributed by atoms with E-state index in [1.165, 1.54) is 11.8 Å². The summed E-state index contributed by atoms with van der Waals surface area (Å²) in [5.41, 5.74) is 2.95. The molecule has 30 heavy (non-hydrogen) atoms. The third-order valence-electron chi connectivity index (χ3n) is 5.71. The van der Waals surface area contributed by atoms with E-state index in [1.54, 1.807) is 4.90 Å². The van der Waals surface area contributed by atoms with E-state index in [4.69, 9.17) is 0 Å². The summed E-state index contributed by atoms with van der Waals surface area (Å²) in [7, 11) is 0. The number of hydrogen-bond acceptors (Lipinski definition) is 5. The van der Waals surface area contributed by atoms with Gasteiger partial charge in [-0.05, 0) is 64.2 Å². The zero-order chi connectivity index (χ0) is 21.8. The van der Waals surface area contributed by atoms with Crippen molar-refractivity contribution in [1.82, 2.24) is 19.7 Å². The number of rotatable bonds is 9. The van der Waals surface area contributed by atoms with Gasteiger partial charge in [0.05, 0.1) is 5.75 Å².